The summed E-state index contributed by atoms with van der Waals surface area (Å²) in [5.41, 5.74) is 10.9. The largest absolute Gasteiger partial charge is 0.483 e. The number of aromatic nitrogens is 1. The molecule has 0 atom stereocenters. The van der Waals surface area contributed by atoms with Crippen LogP contribution in [-0.4, -0.2) is 30.2 Å². The number of nitrogen functional groups attached to an aromatic ring is 1. The molecule has 0 aliphatic carbocycles. The number of nitrogens with two attached hydrogens (primary N) is 2. The number of hydrogen-bond donors (Lipinski definition) is 2. The summed E-state index contributed by atoms with van der Waals surface area (Å²) in [6.45, 7) is 1.03. The molecule has 6 nitrogen and oxygen atoms in total. The fourth-order valence-electron chi connectivity index (χ4n) is 1.21. The van der Waals surface area contributed by atoms with Gasteiger partial charge in [0.05, 0.1) is 25.0 Å². The highest BCUT2D eigenvalue weighted by molar-refractivity contribution is 5.96. The van der Waals surface area contributed by atoms with Crippen molar-refractivity contribution in [2.75, 3.05) is 18.9 Å². The third-order valence-corrected chi connectivity index (χ3v) is 2.06. The van der Waals surface area contributed by atoms with Gasteiger partial charge in [0.25, 0.3) is 5.91 Å². The molecular weight excluding hydrogens is 198 g/mol. The summed E-state index contributed by atoms with van der Waals surface area (Å²) in [5, 5.41) is 0. The van der Waals surface area contributed by atoms with Crippen LogP contribution < -0.4 is 16.2 Å². The van der Waals surface area contributed by atoms with Gasteiger partial charge < -0.3 is 20.9 Å². The normalized spacial score (nSPS) is 15.7. The number of carbonyl (C=O) groups excluding carboxylic acids is 1. The Morgan fingerprint density at radius 1 is 1.60 bits per heavy atom. The Kier molecular flexibility index (Phi) is 2.42. The summed E-state index contributed by atoms with van der Waals surface area (Å²) in [4.78, 5) is 14.9. The molecule has 4 N–H and O–H groups in total. The Bertz CT molecular complexity index is 390. The topological polar surface area (TPSA) is 100 Å². The van der Waals surface area contributed by atoms with Gasteiger partial charge in [0, 0.05) is 0 Å². The first-order valence-corrected chi connectivity index (χ1v) is 4.46. The maximum atomic E-state index is 11.1. The lowest BCUT2D eigenvalue weighted by Gasteiger charge is -2.27. The van der Waals surface area contributed by atoms with E-state index in [0.717, 1.165) is 0 Å². The van der Waals surface area contributed by atoms with Gasteiger partial charge in [-0.15, -0.1) is 0 Å². The Morgan fingerprint density at radius 3 is 2.87 bits per heavy atom. The zero-order valence-electron chi connectivity index (χ0n) is 7.97. The van der Waals surface area contributed by atoms with E-state index < -0.39 is 5.91 Å². The first-order valence-electron chi connectivity index (χ1n) is 4.46. The third-order valence-electron chi connectivity index (χ3n) is 2.06. The number of pyridine rings is 1. The molecular formula is C9H11N3O3. The summed E-state index contributed by atoms with van der Waals surface area (Å²) in [5.74, 6) is 0.00495. The lowest BCUT2D eigenvalue weighted by Crippen LogP contribution is -2.39. The Balaban J connectivity index is 2.23. The third kappa shape index (κ3) is 1.99. The minimum atomic E-state index is -0.584. The second-order valence-corrected chi connectivity index (χ2v) is 3.25. The molecule has 0 unspecified atom stereocenters. The van der Waals surface area contributed by atoms with Crippen molar-refractivity contribution in [3.05, 3.63) is 17.8 Å². The van der Waals surface area contributed by atoms with Crippen LogP contribution in [0.3, 0.4) is 0 Å². The molecule has 0 bridgehead atoms. The van der Waals surface area contributed by atoms with Gasteiger partial charge in [-0.3, -0.25) is 4.79 Å². The standard InChI is InChI=1S/C9H11N3O3/c10-8-1-6(9(11)13)7(2-12-8)15-5-3-14-4-5/h1-2,5H,3-4H2,(H2,10,12)(H2,11,13). The molecule has 2 heterocycles. The van der Waals surface area contributed by atoms with Crippen molar-refractivity contribution in [3.63, 3.8) is 0 Å². The summed E-state index contributed by atoms with van der Waals surface area (Å²) in [6.07, 6.45) is 1.36. The lowest BCUT2D eigenvalue weighted by molar-refractivity contribution is -0.0799. The minimum absolute atomic E-state index is 0.0338. The molecule has 1 amide bonds. The van der Waals surface area contributed by atoms with E-state index in [-0.39, 0.29) is 17.5 Å². The van der Waals surface area contributed by atoms with Crippen LogP contribution in [0.2, 0.25) is 0 Å². The maximum absolute atomic E-state index is 11.1. The van der Waals surface area contributed by atoms with Crippen LogP contribution in [0.15, 0.2) is 12.3 Å². The molecule has 0 spiro atoms. The summed E-state index contributed by atoms with van der Waals surface area (Å²) in [7, 11) is 0. The van der Waals surface area contributed by atoms with Gasteiger partial charge >= 0.3 is 0 Å². The van der Waals surface area contributed by atoms with E-state index in [1.165, 1.54) is 12.3 Å². The molecule has 1 fully saturated rings. The van der Waals surface area contributed by atoms with Crippen molar-refractivity contribution < 1.29 is 14.3 Å². The fraction of sp³-hybridized carbons (Fsp3) is 0.333. The first-order chi connectivity index (χ1) is 7.16. The molecule has 15 heavy (non-hydrogen) atoms. The molecule has 1 aromatic rings. The molecule has 1 saturated heterocycles. The second kappa shape index (κ2) is 3.74. The number of ether oxygens (including phenoxy) is 2. The predicted octanol–water partition coefficient (Wildman–Crippen LogP) is -0.460. The van der Waals surface area contributed by atoms with E-state index in [1.807, 2.05) is 0 Å². The average Bonchev–Trinajstić information content (AvgIpc) is 2.12. The number of hydrogen-bond acceptors (Lipinski definition) is 5. The van der Waals surface area contributed by atoms with Crippen LogP contribution in [0, 0.1) is 0 Å². The molecule has 1 aromatic heterocycles. The van der Waals surface area contributed by atoms with Crippen molar-refractivity contribution in [1.82, 2.24) is 4.98 Å². The van der Waals surface area contributed by atoms with Gasteiger partial charge in [0.15, 0.2) is 5.75 Å². The Hall–Kier alpha value is -1.82. The number of nitrogens with zero attached hydrogens (tertiary/aromatic N) is 1. The van der Waals surface area contributed by atoms with Crippen LogP contribution in [0.5, 0.6) is 5.75 Å². The smallest absolute Gasteiger partial charge is 0.252 e. The minimum Gasteiger partial charge on any atom is -0.483 e. The molecule has 2 rings (SSSR count). The van der Waals surface area contributed by atoms with E-state index in [1.54, 1.807) is 0 Å². The van der Waals surface area contributed by atoms with Gasteiger partial charge in [-0.1, -0.05) is 0 Å². The quantitative estimate of drug-likeness (QED) is 0.701. The average molecular weight is 209 g/mol. The highest BCUT2D eigenvalue weighted by Crippen LogP contribution is 2.21. The molecule has 80 valence electrons. The predicted molar refractivity (Wildman–Crippen MR) is 52.4 cm³/mol. The molecule has 6 heteroatoms. The number of primary amides is 1. The Morgan fingerprint density at radius 2 is 2.33 bits per heavy atom. The van der Waals surface area contributed by atoms with Crippen LogP contribution in [0.25, 0.3) is 0 Å². The highest BCUT2D eigenvalue weighted by Gasteiger charge is 2.22. The Labute approximate surface area is 86.2 Å². The van der Waals surface area contributed by atoms with Gasteiger partial charge in [0.1, 0.15) is 11.9 Å². The SMILES string of the molecule is NC(=O)c1cc(N)ncc1OC1COC1. The van der Waals surface area contributed by atoms with E-state index in [2.05, 4.69) is 4.98 Å². The lowest BCUT2D eigenvalue weighted by atomic mass is 10.2. The van der Waals surface area contributed by atoms with Crippen LogP contribution >= 0.6 is 0 Å². The van der Waals surface area contributed by atoms with E-state index >= 15 is 0 Å². The number of carbonyl (C=O) groups is 1. The molecule has 0 saturated carbocycles. The zero-order chi connectivity index (χ0) is 10.8. The van der Waals surface area contributed by atoms with E-state index in [9.17, 15) is 4.79 Å². The number of amides is 1. The maximum Gasteiger partial charge on any atom is 0.252 e. The summed E-state index contributed by atoms with van der Waals surface area (Å²) in [6, 6.07) is 1.40. The van der Waals surface area contributed by atoms with Crippen molar-refractivity contribution in [1.29, 1.82) is 0 Å². The molecule has 1 aliphatic rings. The van der Waals surface area contributed by atoms with Crippen LogP contribution in [0.1, 0.15) is 10.4 Å². The number of rotatable bonds is 3. The first kappa shape index (κ1) is 9.72. The van der Waals surface area contributed by atoms with Gasteiger partial charge in [-0.05, 0) is 6.07 Å². The van der Waals surface area contributed by atoms with Crippen molar-refractivity contribution in [3.8, 4) is 5.75 Å². The zero-order valence-corrected chi connectivity index (χ0v) is 7.97. The van der Waals surface area contributed by atoms with Crippen molar-refractivity contribution >= 4 is 11.7 Å². The van der Waals surface area contributed by atoms with Crippen LogP contribution in [-0.2, 0) is 4.74 Å². The highest BCUT2D eigenvalue weighted by atomic mass is 16.6. The second-order valence-electron chi connectivity index (χ2n) is 3.25. The van der Waals surface area contributed by atoms with Crippen molar-refractivity contribution in [2.45, 2.75) is 6.10 Å². The van der Waals surface area contributed by atoms with E-state index in [4.69, 9.17) is 20.9 Å². The van der Waals surface area contributed by atoms with Crippen molar-refractivity contribution in [2.24, 2.45) is 5.73 Å². The molecule has 1 aliphatic heterocycles. The number of anilines is 1. The monoisotopic (exact) mass is 209 g/mol. The van der Waals surface area contributed by atoms with Gasteiger partial charge in [-0.25, -0.2) is 4.98 Å². The van der Waals surface area contributed by atoms with Crippen LogP contribution in [0.4, 0.5) is 5.82 Å². The van der Waals surface area contributed by atoms with Gasteiger partial charge in [-0.2, -0.15) is 0 Å². The molecule has 0 radical (unpaired) electrons. The summed E-state index contributed by atoms with van der Waals surface area (Å²) < 4.78 is 10.4. The molecule has 0 aromatic carbocycles. The van der Waals surface area contributed by atoms with E-state index in [0.29, 0.717) is 19.0 Å². The van der Waals surface area contributed by atoms with Gasteiger partial charge in [0.2, 0.25) is 0 Å². The fourth-order valence-corrected chi connectivity index (χ4v) is 1.21. The summed E-state index contributed by atoms with van der Waals surface area (Å²) >= 11 is 0.